The zero-order valence-electron chi connectivity index (χ0n) is 8.92. The number of aliphatic hydroxyl groups is 1. The van der Waals surface area contributed by atoms with E-state index in [1.165, 1.54) is 20.3 Å². The number of aryl methyl sites for hydroxylation is 1. The van der Waals surface area contributed by atoms with E-state index in [0.29, 0.717) is 29.9 Å². The van der Waals surface area contributed by atoms with E-state index in [-0.39, 0.29) is 12.4 Å². The van der Waals surface area contributed by atoms with Gasteiger partial charge in [-0.1, -0.05) is 0 Å². The summed E-state index contributed by atoms with van der Waals surface area (Å²) in [6.07, 6.45) is 1.02. The van der Waals surface area contributed by atoms with Crippen molar-refractivity contribution in [2.75, 3.05) is 20.8 Å². The lowest BCUT2D eigenvalue weighted by molar-refractivity contribution is 0.287. The summed E-state index contributed by atoms with van der Waals surface area (Å²) in [4.78, 5) is 0. The summed E-state index contributed by atoms with van der Waals surface area (Å²) in [5.74, 6) is 0.552. The van der Waals surface area contributed by atoms with Crippen molar-refractivity contribution in [2.24, 2.45) is 0 Å². The molecular weight excluding hydrogens is 199 g/mol. The van der Waals surface area contributed by atoms with Gasteiger partial charge in [0.2, 0.25) is 0 Å². The molecule has 0 aliphatic carbocycles. The lowest BCUT2D eigenvalue weighted by Gasteiger charge is -2.10. The van der Waals surface area contributed by atoms with Gasteiger partial charge in [-0.2, -0.15) is 0 Å². The van der Waals surface area contributed by atoms with Crippen LogP contribution in [-0.2, 0) is 6.42 Å². The average Bonchev–Trinajstić information content (AvgIpc) is 2.27. The summed E-state index contributed by atoms with van der Waals surface area (Å²) in [5, 5.41) is 8.67. The minimum atomic E-state index is -0.332. The zero-order valence-corrected chi connectivity index (χ0v) is 8.92. The van der Waals surface area contributed by atoms with Crippen molar-refractivity contribution in [3.8, 4) is 11.5 Å². The fourth-order valence-corrected chi connectivity index (χ4v) is 1.36. The van der Waals surface area contributed by atoms with Crippen LogP contribution in [0.25, 0.3) is 0 Å². The predicted octanol–water partition coefficient (Wildman–Crippen LogP) is 1.77. The van der Waals surface area contributed by atoms with Crippen molar-refractivity contribution in [2.45, 2.75) is 12.8 Å². The molecule has 0 atom stereocenters. The lowest BCUT2D eigenvalue weighted by Crippen LogP contribution is -1.98. The molecule has 0 saturated heterocycles. The van der Waals surface area contributed by atoms with Crippen molar-refractivity contribution in [1.82, 2.24) is 0 Å². The first-order chi connectivity index (χ1) is 7.22. The van der Waals surface area contributed by atoms with E-state index in [1.54, 1.807) is 6.07 Å². The molecular formula is C11H15FO3. The molecule has 1 N–H and O–H groups in total. The van der Waals surface area contributed by atoms with E-state index in [9.17, 15) is 4.39 Å². The minimum absolute atomic E-state index is 0.0494. The van der Waals surface area contributed by atoms with E-state index in [4.69, 9.17) is 14.6 Å². The number of hydrogen-bond donors (Lipinski definition) is 1. The Balaban J connectivity index is 2.97. The van der Waals surface area contributed by atoms with Crippen molar-refractivity contribution in [3.63, 3.8) is 0 Å². The molecule has 0 aromatic heterocycles. The van der Waals surface area contributed by atoms with Crippen molar-refractivity contribution < 1.29 is 19.0 Å². The van der Waals surface area contributed by atoms with Gasteiger partial charge in [-0.15, -0.1) is 0 Å². The Labute approximate surface area is 88.4 Å². The summed E-state index contributed by atoms with van der Waals surface area (Å²) >= 11 is 0. The summed E-state index contributed by atoms with van der Waals surface area (Å²) in [5.41, 5.74) is 0.529. The highest BCUT2D eigenvalue weighted by atomic mass is 19.1. The van der Waals surface area contributed by atoms with E-state index in [2.05, 4.69) is 0 Å². The fraction of sp³-hybridized carbons (Fsp3) is 0.455. The van der Waals surface area contributed by atoms with Crippen LogP contribution in [0.1, 0.15) is 12.0 Å². The summed E-state index contributed by atoms with van der Waals surface area (Å²) in [6, 6.07) is 2.90. The SMILES string of the molecule is COc1cc(F)c(CCCO)cc1OC. The van der Waals surface area contributed by atoms with Gasteiger partial charge in [0, 0.05) is 12.7 Å². The summed E-state index contributed by atoms with van der Waals surface area (Å²) in [6.45, 7) is 0.0494. The Bertz CT molecular complexity index is 326. The molecule has 0 aliphatic heterocycles. The maximum absolute atomic E-state index is 13.5. The summed E-state index contributed by atoms with van der Waals surface area (Å²) in [7, 11) is 2.97. The van der Waals surface area contributed by atoms with Gasteiger partial charge in [0.15, 0.2) is 11.5 Å². The van der Waals surface area contributed by atoms with Crippen LogP contribution in [0.5, 0.6) is 11.5 Å². The van der Waals surface area contributed by atoms with E-state index in [0.717, 1.165) is 0 Å². The minimum Gasteiger partial charge on any atom is -0.493 e. The molecule has 0 amide bonds. The molecule has 15 heavy (non-hydrogen) atoms. The topological polar surface area (TPSA) is 38.7 Å². The first-order valence-electron chi connectivity index (χ1n) is 4.74. The van der Waals surface area contributed by atoms with Crippen LogP contribution in [0, 0.1) is 5.82 Å². The second-order valence-electron chi connectivity index (χ2n) is 3.13. The Morgan fingerprint density at radius 1 is 1.20 bits per heavy atom. The molecule has 1 aromatic carbocycles. The number of aliphatic hydroxyl groups excluding tert-OH is 1. The number of halogens is 1. The first kappa shape index (κ1) is 11.8. The van der Waals surface area contributed by atoms with Crippen LogP contribution < -0.4 is 9.47 Å². The molecule has 0 spiro atoms. The van der Waals surface area contributed by atoms with Crippen molar-refractivity contribution in [1.29, 1.82) is 0 Å². The Hall–Kier alpha value is -1.29. The number of ether oxygens (including phenoxy) is 2. The van der Waals surface area contributed by atoms with Gasteiger partial charge in [0.05, 0.1) is 14.2 Å². The largest absolute Gasteiger partial charge is 0.493 e. The maximum Gasteiger partial charge on any atom is 0.163 e. The fourth-order valence-electron chi connectivity index (χ4n) is 1.36. The van der Waals surface area contributed by atoms with Gasteiger partial charge >= 0.3 is 0 Å². The standard InChI is InChI=1S/C11H15FO3/c1-14-10-6-8(4-3-5-13)9(12)7-11(10)15-2/h6-7,13H,3-5H2,1-2H3. The number of methoxy groups -OCH3 is 2. The molecule has 0 radical (unpaired) electrons. The van der Waals surface area contributed by atoms with Gasteiger partial charge in [0.25, 0.3) is 0 Å². The molecule has 1 rings (SSSR count). The van der Waals surface area contributed by atoms with Crippen LogP contribution in [0.15, 0.2) is 12.1 Å². The van der Waals surface area contributed by atoms with Crippen LogP contribution in [0.4, 0.5) is 4.39 Å². The van der Waals surface area contributed by atoms with Gasteiger partial charge in [-0.3, -0.25) is 0 Å². The molecule has 4 heteroatoms. The third-order valence-corrected chi connectivity index (χ3v) is 2.16. The van der Waals surface area contributed by atoms with Crippen LogP contribution in [0.3, 0.4) is 0 Å². The number of benzene rings is 1. The highest BCUT2D eigenvalue weighted by Crippen LogP contribution is 2.30. The molecule has 1 aromatic rings. The molecule has 0 fully saturated rings. The highest BCUT2D eigenvalue weighted by molar-refractivity contribution is 5.43. The average molecular weight is 214 g/mol. The molecule has 84 valence electrons. The molecule has 0 aliphatic rings. The van der Waals surface area contributed by atoms with Gasteiger partial charge in [-0.05, 0) is 24.5 Å². The van der Waals surface area contributed by atoms with Crippen molar-refractivity contribution in [3.05, 3.63) is 23.5 Å². The van der Waals surface area contributed by atoms with Gasteiger partial charge < -0.3 is 14.6 Å². The second kappa shape index (κ2) is 5.56. The maximum atomic E-state index is 13.5. The number of rotatable bonds is 5. The van der Waals surface area contributed by atoms with Crippen LogP contribution >= 0.6 is 0 Å². The Kier molecular flexibility index (Phi) is 4.37. The van der Waals surface area contributed by atoms with E-state index < -0.39 is 0 Å². The van der Waals surface area contributed by atoms with Crippen LogP contribution in [0.2, 0.25) is 0 Å². The van der Waals surface area contributed by atoms with Gasteiger partial charge in [-0.25, -0.2) is 4.39 Å². The van der Waals surface area contributed by atoms with Crippen molar-refractivity contribution >= 4 is 0 Å². The highest BCUT2D eigenvalue weighted by Gasteiger charge is 2.10. The van der Waals surface area contributed by atoms with E-state index >= 15 is 0 Å². The Morgan fingerprint density at radius 2 is 1.80 bits per heavy atom. The zero-order chi connectivity index (χ0) is 11.3. The normalized spacial score (nSPS) is 10.1. The summed E-state index contributed by atoms with van der Waals surface area (Å²) < 4.78 is 23.5. The van der Waals surface area contributed by atoms with E-state index in [1.807, 2.05) is 0 Å². The third-order valence-electron chi connectivity index (χ3n) is 2.16. The lowest BCUT2D eigenvalue weighted by atomic mass is 10.1. The molecule has 0 heterocycles. The second-order valence-corrected chi connectivity index (χ2v) is 3.13. The number of hydrogen-bond acceptors (Lipinski definition) is 3. The van der Waals surface area contributed by atoms with Crippen LogP contribution in [-0.4, -0.2) is 25.9 Å². The third kappa shape index (κ3) is 2.83. The monoisotopic (exact) mass is 214 g/mol. The smallest absolute Gasteiger partial charge is 0.163 e. The molecule has 0 unspecified atom stereocenters. The molecule has 0 saturated carbocycles. The first-order valence-corrected chi connectivity index (χ1v) is 4.74. The quantitative estimate of drug-likeness (QED) is 0.811. The molecule has 3 nitrogen and oxygen atoms in total. The Morgan fingerprint density at radius 3 is 2.33 bits per heavy atom. The van der Waals surface area contributed by atoms with Gasteiger partial charge in [0.1, 0.15) is 5.82 Å². The predicted molar refractivity (Wildman–Crippen MR) is 54.9 cm³/mol. The molecule has 0 bridgehead atoms.